The molecule has 2 heterocycles. The van der Waals surface area contributed by atoms with Crippen molar-refractivity contribution in [2.75, 3.05) is 4.90 Å². The van der Waals surface area contributed by atoms with E-state index in [0.29, 0.717) is 25.3 Å². The summed E-state index contributed by atoms with van der Waals surface area (Å²) in [6.45, 7) is 6.77. The fourth-order valence-corrected chi connectivity index (χ4v) is 3.10. The van der Waals surface area contributed by atoms with Crippen molar-refractivity contribution in [2.24, 2.45) is 0 Å². The van der Waals surface area contributed by atoms with Gasteiger partial charge in [0.15, 0.2) is 0 Å². The van der Waals surface area contributed by atoms with Gasteiger partial charge in [-0.2, -0.15) is 5.10 Å². The molecule has 0 aliphatic carbocycles. The minimum Gasteiger partial charge on any atom is -0.350 e. The molecule has 1 N–H and O–H groups in total. The zero-order chi connectivity index (χ0) is 18.0. The number of aromatic nitrogens is 2. The second-order valence-corrected chi connectivity index (χ2v) is 6.44. The Morgan fingerprint density at radius 3 is 2.64 bits per heavy atom. The van der Waals surface area contributed by atoms with Crippen LogP contribution in [0.2, 0.25) is 0 Å². The van der Waals surface area contributed by atoms with Gasteiger partial charge in [-0.15, -0.1) is 0 Å². The van der Waals surface area contributed by atoms with Crippen LogP contribution in [0.5, 0.6) is 0 Å². The molecule has 132 valence electrons. The zero-order valence-electron chi connectivity index (χ0n) is 15.0. The molecule has 1 unspecified atom stereocenters. The molecule has 0 saturated carbocycles. The lowest BCUT2D eigenvalue weighted by molar-refractivity contribution is -0.126. The van der Waals surface area contributed by atoms with Crippen LogP contribution in [0, 0.1) is 6.92 Å². The van der Waals surface area contributed by atoms with Crippen molar-refractivity contribution < 1.29 is 9.59 Å². The summed E-state index contributed by atoms with van der Waals surface area (Å²) < 4.78 is 1.80. The number of carbonyl (C=O) groups excluding carboxylic acids is 2. The van der Waals surface area contributed by atoms with E-state index in [-0.39, 0.29) is 11.8 Å². The topological polar surface area (TPSA) is 67.2 Å². The smallest absolute Gasteiger partial charge is 0.243 e. The second-order valence-electron chi connectivity index (χ2n) is 6.44. The molecule has 1 aliphatic rings. The van der Waals surface area contributed by atoms with Crippen LogP contribution in [0.3, 0.4) is 0 Å². The Balaban J connectivity index is 1.68. The first-order chi connectivity index (χ1) is 12.0. The average molecular weight is 340 g/mol. The Morgan fingerprint density at radius 1 is 1.28 bits per heavy atom. The van der Waals surface area contributed by atoms with E-state index in [0.717, 1.165) is 17.7 Å². The standard InChI is InChI=1S/C19H24N4O2/c1-4-15-5-7-16(8-6-15)12-20-19(25)14(3)23-17-11-13(2)21-22(17)10-9-18(23)24/h5-8,11,14H,4,9-10,12H2,1-3H3,(H,20,25). The number of nitrogens with zero attached hydrogens (tertiary/aromatic N) is 3. The Labute approximate surface area is 147 Å². The Kier molecular flexibility index (Phi) is 4.88. The maximum Gasteiger partial charge on any atom is 0.243 e. The van der Waals surface area contributed by atoms with Gasteiger partial charge in [-0.1, -0.05) is 31.2 Å². The van der Waals surface area contributed by atoms with Crippen molar-refractivity contribution in [2.45, 2.75) is 52.7 Å². The van der Waals surface area contributed by atoms with E-state index in [1.54, 1.807) is 16.5 Å². The summed E-state index contributed by atoms with van der Waals surface area (Å²) in [7, 11) is 0. The molecule has 1 aromatic carbocycles. The number of fused-ring (bicyclic) bond motifs is 1. The first kappa shape index (κ1) is 17.2. The minimum atomic E-state index is -0.572. The van der Waals surface area contributed by atoms with Crippen molar-refractivity contribution in [3.63, 3.8) is 0 Å². The predicted molar refractivity (Wildman–Crippen MR) is 96.2 cm³/mol. The number of amides is 2. The number of hydrogen-bond acceptors (Lipinski definition) is 3. The second kappa shape index (κ2) is 7.09. The predicted octanol–water partition coefficient (Wildman–Crippen LogP) is 2.20. The molecular weight excluding hydrogens is 316 g/mol. The lowest BCUT2D eigenvalue weighted by Crippen LogP contribution is -2.50. The highest BCUT2D eigenvalue weighted by molar-refractivity contribution is 6.00. The normalized spacial score (nSPS) is 15.0. The van der Waals surface area contributed by atoms with Crippen molar-refractivity contribution >= 4 is 17.6 Å². The number of nitrogens with one attached hydrogen (secondary N) is 1. The Hall–Kier alpha value is -2.63. The van der Waals surface area contributed by atoms with Crippen LogP contribution in [0.25, 0.3) is 0 Å². The number of hydrogen-bond donors (Lipinski definition) is 1. The average Bonchev–Trinajstić information content (AvgIpc) is 2.99. The molecule has 25 heavy (non-hydrogen) atoms. The van der Waals surface area contributed by atoms with Crippen molar-refractivity contribution in [1.29, 1.82) is 0 Å². The number of rotatable bonds is 5. The van der Waals surface area contributed by atoms with Gasteiger partial charge in [-0.25, -0.2) is 4.68 Å². The fourth-order valence-electron chi connectivity index (χ4n) is 3.10. The summed E-state index contributed by atoms with van der Waals surface area (Å²) in [6, 6.07) is 9.46. The molecule has 2 amide bonds. The molecule has 6 heteroatoms. The van der Waals surface area contributed by atoms with Gasteiger partial charge >= 0.3 is 0 Å². The van der Waals surface area contributed by atoms with Crippen LogP contribution >= 0.6 is 0 Å². The van der Waals surface area contributed by atoms with Gasteiger partial charge in [-0.3, -0.25) is 14.5 Å². The molecule has 0 fully saturated rings. The van der Waals surface area contributed by atoms with Gasteiger partial charge in [0.05, 0.1) is 12.2 Å². The molecule has 1 aliphatic heterocycles. The van der Waals surface area contributed by atoms with Crippen molar-refractivity contribution in [3.8, 4) is 0 Å². The molecular formula is C19H24N4O2. The van der Waals surface area contributed by atoms with Crippen LogP contribution in [0.15, 0.2) is 30.3 Å². The van der Waals surface area contributed by atoms with Crippen LogP contribution < -0.4 is 10.2 Å². The van der Waals surface area contributed by atoms with E-state index >= 15 is 0 Å². The lowest BCUT2D eigenvalue weighted by Gasteiger charge is -2.31. The number of aryl methyl sites for hydroxylation is 3. The molecule has 1 aromatic heterocycles. The molecule has 0 spiro atoms. The maximum atomic E-state index is 12.6. The van der Waals surface area contributed by atoms with E-state index in [9.17, 15) is 9.59 Å². The minimum absolute atomic E-state index is 0.0395. The SMILES string of the molecule is CCc1ccc(CNC(=O)C(C)N2C(=O)CCn3nc(C)cc32)cc1. The van der Waals surface area contributed by atoms with Gasteiger partial charge in [0.2, 0.25) is 11.8 Å². The molecule has 1 atom stereocenters. The summed E-state index contributed by atoms with van der Waals surface area (Å²) in [4.78, 5) is 26.5. The van der Waals surface area contributed by atoms with Crippen LogP contribution in [0.4, 0.5) is 5.82 Å². The lowest BCUT2D eigenvalue weighted by atomic mass is 10.1. The number of anilines is 1. The molecule has 3 rings (SSSR count). The monoisotopic (exact) mass is 340 g/mol. The molecule has 0 bridgehead atoms. The van der Waals surface area contributed by atoms with Gasteiger partial charge in [-0.05, 0) is 31.4 Å². The Bertz CT molecular complexity index is 779. The van der Waals surface area contributed by atoms with Gasteiger partial charge in [0.1, 0.15) is 11.9 Å². The number of benzene rings is 1. The summed E-state index contributed by atoms with van der Waals surface area (Å²) in [5, 5.41) is 7.31. The largest absolute Gasteiger partial charge is 0.350 e. The van der Waals surface area contributed by atoms with Gasteiger partial charge < -0.3 is 5.32 Å². The summed E-state index contributed by atoms with van der Waals surface area (Å²) in [5.74, 6) is 0.492. The van der Waals surface area contributed by atoms with Gasteiger partial charge in [0.25, 0.3) is 0 Å². The third-order valence-electron chi connectivity index (χ3n) is 4.60. The third-order valence-corrected chi connectivity index (χ3v) is 4.60. The molecule has 2 aromatic rings. The fraction of sp³-hybridized carbons (Fsp3) is 0.421. The molecule has 0 radical (unpaired) electrons. The van der Waals surface area contributed by atoms with Crippen molar-refractivity contribution in [1.82, 2.24) is 15.1 Å². The van der Waals surface area contributed by atoms with E-state index in [2.05, 4.69) is 29.5 Å². The van der Waals surface area contributed by atoms with Crippen LogP contribution in [0.1, 0.15) is 37.1 Å². The Morgan fingerprint density at radius 2 is 1.96 bits per heavy atom. The van der Waals surface area contributed by atoms with Gasteiger partial charge in [0, 0.05) is 19.0 Å². The molecule has 0 saturated heterocycles. The summed E-state index contributed by atoms with van der Waals surface area (Å²) in [5.41, 5.74) is 3.16. The highest BCUT2D eigenvalue weighted by Crippen LogP contribution is 2.24. The highest BCUT2D eigenvalue weighted by Gasteiger charge is 2.32. The van der Waals surface area contributed by atoms with E-state index < -0.39 is 6.04 Å². The first-order valence-corrected chi connectivity index (χ1v) is 8.71. The van der Waals surface area contributed by atoms with E-state index in [1.165, 1.54) is 5.56 Å². The summed E-state index contributed by atoms with van der Waals surface area (Å²) in [6.07, 6.45) is 1.36. The number of carbonyl (C=O) groups is 2. The zero-order valence-corrected chi connectivity index (χ0v) is 15.0. The van der Waals surface area contributed by atoms with E-state index in [1.807, 2.05) is 25.1 Å². The first-order valence-electron chi connectivity index (χ1n) is 8.71. The van der Waals surface area contributed by atoms with Crippen molar-refractivity contribution in [3.05, 3.63) is 47.2 Å². The summed E-state index contributed by atoms with van der Waals surface area (Å²) >= 11 is 0. The van der Waals surface area contributed by atoms with Crippen LogP contribution in [-0.2, 0) is 29.1 Å². The third kappa shape index (κ3) is 3.57. The van der Waals surface area contributed by atoms with E-state index in [4.69, 9.17) is 0 Å². The molecule has 6 nitrogen and oxygen atoms in total. The maximum absolute atomic E-state index is 12.6. The highest BCUT2D eigenvalue weighted by atomic mass is 16.2. The quantitative estimate of drug-likeness (QED) is 0.907. The van der Waals surface area contributed by atoms with Crippen LogP contribution in [-0.4, -0.2) is 27.6 Å².